The summed E-state index contributed by atoms with van der Waals surface area (Å²) < 4.78 is 5.37. The summed E-state index contributed by atoms with van der Waals surface area (Å²) in [6.45, 7) is 6.50. The molecule has 3 aliphatic heterocycles. The highest BCUT2D eigenvalue weighted by Gasteiger charge is 2.42. The molecule has 0 bridgehead atoms. The first-order chi connectivity index (χ1) is 11.3. The number of nitrogens with zero attached hydrogens (tertiary/aromatic N) is 3. The van der Waals surface area contributed by atoms with E-state index in [-0.39, 0.29) is 5.92 Å². The summed E-state index contributed by atoms with van der Waals surface area (Å²) in [5.41, 5.74) is 1.14. The number of likely N-dealkylation sites (tertiary alicyclic amines) is 2. The molecule has 0 aliphatic carbocycles. The van der Waals surface area contributed by atoms with Gasteiger partial charge in [0.2, 0.25) is 5.91 Å². The highest BCUT2D eigenvalue weighted by Crippen LogP contribution is 2.33. The summed E-state index contributed by atoms with van der Waals surface area (Å²) in [5, 5.41) is 0. The van der Waals surface area contributed by atoms with Crippen LogP contribution in [0.3, 0.4) is 0 Å². The third kappa shape index (κ3) is 3.26. The number of pyridine rings is 1. The highest BCUT2D eigenvalue weighted by molar-refractivity contribution is 5.79. The van der Waals surface area contributed by atoms with Crippen molar-refractivity contribution in [2.75, 3.05) is 39.4 Å². The van der Waals surface area contributed by atoms with Gasteiger partial charge in [0.25, 0.3) is 0 Å². The number of carbonyl (C=O) groups excluding carboxylic acids is 1. The van der Waals surface area contributed by atoms with Gasteiger partial charge in [-0.05, 0) is 36.8 Å². The van der Waals surface area contributed by atoms with Gasteiger partial charge in [0, 0.05) is 58.1 Å². The Hall–Kier alpha value is -1.46. The fourth-order valence-corrected chi connectivity index (χ4v) is 4.32. The van der Waals surface area contributed by atoms with Gasteiger partial charge >= 0.3 is 0 Å². The summed E-state index contributed by atoms with van der Waals surface area (Å²) in [6.07, 6.45) is 3.66. The van der Waals surface area contributed by atoms with Crippen molar-refractivity contribution < 1.29 is 9.53 Å². The van der Waals surface area contributed by atoms with E-state index in [4.69, 9.17) is 4.74 Å². The average Bonchev–Trinajstić information content (AvgIpc) is 3.14. The van der Waals surface area contributed by atoms with Crippen molar-refractivity contribution in [3.8, 4) is 0 Å². The van der Waals surface area contributed by atoms with Crippen LogP contribution in [0, 0.1) is 17.8 Å². The number of carbonyl (C=O) groups is 1. The van der Waals surface area contributed by atoms with Crippen molar-refractivity contribution in [2.45, 2.75) is 19.4 Å². The minimum atomic E-state index is 0.201. The largest absolute Gasteiger partial charge is 0.381 e. The molecule has 0 saturated carbocycles. The number of aromatic nitrogens is 1. The summed E-state index contributed by atoms with van der Waals surface area (Å²) in [6, 6.07) is 6.10. The van der Waals surface area contributed by atoms with Crippen LogP contribution in [0.15, 0.2) is 24.4 Å². The van der Waals surface area contributed by atoms with E-state index in [1.807, 2.05) is 18.3 Å². The predicted octanol–water partition coefficient (Wildman–Crippen LogP) is 1.40. The van der Waals surface area contributed by atoms with Gasteiger partial charge < -0.3 is 9.64 Å². The molecule has 4 rings (SSSR count). The maximum Gasteiger partial charge on any atom is 0.225 e. The van der Waals surface area contributed by atoms with Gasteiger partial charge in [-0.25, -0.2) is 0 Å². The molecule has 5 nitrogen and oxygen atoms in total. The van der Waals surface area contributed by atoms with Gasteiger partial charge in [-0.2, -0.15) is 0 Å². The third-order valence-electron chi connectivity index (χ3n) is 5.56. The van der Waals surface area contributed by atoms with Crippen LogP contribution in [0.5, 0.6) is 0 Å². The Bertz CT molecular complexity index is 530. The number of hydrogen-bond acceptors (Lipinski definition) is 4. The van der Waals surface area contributed by atoms with E-state index in [1.165, 1.54) is 0 Å². The lowest BCUT2D eigenvalue weighted by molar-refractivity contribution is -0.137. The Kier molecular flexibility index (Phi) is 4.31. The maximum absolute atomic E-state index is 12.7. The van der Waals surface area contributed by atoms with Gasteiger partial charge in [-0.1, -0.05) is 6.07 Å². The zero-order valence-electron chi connectivity index (χ0n) is 13.6. The molecule has 0 radical (unpaired) electrons. The maximum atomic E-state index is 12.7. The number of hydrogen-bond donors (Lipinski definition) is 0. The van der Waals surface area contributed by atoms with E-state index in [2.05, 4.69) is 20.9 Å². The quantitative estimate of drug-likeness (QED) is 0.846. The minimum absolute atomic E-state index is 0.201. The Labute approximate surface area is 137 Å². The molecule has 4 heterocycles. The smallest absolute Gasteiger partial charge is 0.225 e. The van der Waals surface area contributed by atoms with Crippen LogP contribution < -0.4 is 0 Å². The van der Waals surface area contributed by atoms with Crippen molar-refractivity contribution in [2.24, 2.45) is 17.8 Å². The first kappa shape index (κ1) is 15.1. The first-order valence-corrected chi connectivity index (χ1v) is 8.78. The second-order valence-electron chi connectivity index (χ2n) is 7.17. The molecular weight excluding hydrogens is 290 g/mol. The molecular formula is C18H25N3O2. The van der Waals surface area contributed by atoms with Gasteiger partial charge in [0.05, 0.1) is 5.69 Å². The van der Waals surface area contributed by atoms with Gasteiger partial charge in [-0.15, -0.1) is 0 Å². The van der Waals surface area contributed by atoms with Crippen molar-refractivity contribution in [1.29, 1.82) is 0 Å². The topological polar surface area (TPSA) is 45.7 Å². The van der Waals surface area contributed by atoms with Crippen LogP contribution in [0.25, 0.3) is 0 Å². The molecule has 1 amide bonds. The lowest BCUT2D eigenvalue weighted by Crippen LogP contribution is -2.39. The Morgan fingerprint density at radius 3 is 2.52 bits per heavy atom. The van der Waals surface area contributed by atoms with Crippen LogP contribution in [-0.4, -0.2) is 60.1 Å². The Balaban J connectivity index is 1.30. The molecule has 5 heteroatoms. The summed E-state index contributed by atoms with van der Waals surface area (Å²) >= 11 is 0. The third-order valence-corrected chi connectivity index (χ3v) is 5.56. The number of fused-ring (bicyclic) bond motifs is 1. The first-order valence-electron chi connectivity index (χ1n) is 8.78. The fourth-order valence-electron chi connectivity index (χ4n) is 4.32. The molecule has 3 aliphatic rings. The predicted molar refractivity (Wildman–Crippen MR) is 86.6 cm³/mol. The molecule has 0 unspecified atom stereocenters. The zero-order chi connectivity index (χ0) is 15.6. The van der Waals surface area contributed by atoms with Crippen LogP contribution in [-0.2, 0) is 16.1 Å². The van der Waals surface area contributed by atoms with E-state index >= 15 is 0 Å². The second kappa shape index (κ2) is 6.57. The highest BCUT2D eigenvalue weighted by atomic mass is 16.5. The number of amides is 1. The van der Waals surface area contributed by atoms with Crippen LogP contribution in [0.2, 0.25) is 0 Å². The van der Waals surface area contributed by atoms with Crippen molar-refractivity contribution >= 4 is 5.91 Å². The molecule has 2 atom stereocenters. The lowest BCUT2D eigenvalue weighted by Gasteiger charge is -2.27. The van der Waals surface area contributed by atoms with E-state index in [1.54, 1.807) is 0 Å². The summed E-state index contributed by atoms with van der Waals surface area (Å²) in [4.78, 5) is 21.7. The molecule has 0 aromatic carbocycles. The Morgan fingerprint density at radius 1 is 1.13 bits per heavy atom. The van der Waals surface area contributed by atoms with Gasteiger partial charge in [0.1, 0.15) is 0 Å². The van der Waals surface area contributed by atoms with E-state index in [0.29, 0.717) is 17.7 Å². The van der Waals surface area contributed by atoms with Crippen molar-refractivity contribution in [3.63, 3.8) is 0 Å². The molecule has 1 aromatic heterocycles. The number of rotatable bonds is 3. The summed E-state index contributed by atoms with van der Waals surface area (Å²) in [7, 11) is 0. The molecule has 23 heavy (non-hydrogen) atoms. The van der Waals surface area contributed by atoms with Crippen LogP contribution in [0.1, 0.15) is 18.5 Å². The average molecular weight is 315 g/mol. The van der Waals surface area contributed by atoms with E-state index in [0.717, 1.165) is 64.5 Å². The van der Waals surface area contributed by atoms with Crippen molar-refractivity contribution in [1.82, 2.24) is 14.8 Å². The van der Waals surface area contributed by atoms with Crippen molar-refractivity contribution in [3.05, 3.63) is 30.1 Å². The molecule has 3 saturated heterocycles. The molecule has 1 aromatic rings. The molecule has 124 valence electrons. The number of ether oxygens (including phenoxy) is 1. The van der Waals surface area contributed by atoms with Crippen LogP contribution in [0.4, 0.5) is 0 Å². The monoisotopic (exact) mass is 315 g/mol. The van der Waals surface area contributed by atoms with Gasteiger partial charge in [0.15, 0.2) is 0 Å². The fraction of sp³-hybridized carbons (Fsp3) is 0.667. The molecule has 3 fully saturated rings. The molecule has 0 N–H and O–H groups in total. The minimum Gasteiger partial charge on any atom is -0.381 e. The van der Waals surface area contributed by atoms with Gasteiger partial charge in [-0.3, -0.25) is 14.7 Å². The van der Waals surface area contributed by atoms with E-state index in [9.17, 15) is 4.79 Å². The Morgan fingerprint density at radius 2 is 1.87 bits per heavy atom. The standard InChI is InChI=1S/C18H25N3O2/c22-18(14-4-7-23-8-5-14)21-11-15-9-20(10-16(15)12-21)13-17-3-1-2-6-19-17/h1-3,6,14-16H,4-5,7-13H2/t15-,16-/m0/s1. The summed E-state index contributed by atoms with van der Waals surface area (Å²) in [5.74, 6) is 1.86. The zero-order valence-corrected chi connectivity index (χ0v) is 13.6. The molecule has 0 spiro atoms. The SMILES string of the molecule is O=C(C1CCOCC1)N1C[C@@H]2CN(Cc3ccccn3)C[C@H]2C1. The van der Waals surface area contributed by atoms with Crippen LogP contribution >= 0.6 is 0 Å². The normalized spacial score (nSPS) is 29.0. The lowest BCUT2D eigenvalue weighted by atomic mass is 9.99. The second-order valence-corrected chi connectivity index (χ2v) is 7.17. The van der Waals surface area contributed by atoms with E-state index < -0.39 is 0 Å².